The highest BCUT2D eigenvalue weighted by molar-refractivity contribution is 9.10. The van der Waals surface area contributed by atoms with Gasteiger partial charge in [-0.05, 0) is 21.5 Å². The van der Waals surface area contributed by atoms with E-state index in [2.05, 4.69) is 26.2 Å². The average molecular weight is 386 g/mol. The van der Waals surface area contributed by atoms with Gasteiger partial charge in [0.15, 0.2) is 5.69 Å². The van der Waals surface area contributed by atoms with Gasteiger partial charge in [0, 0.05) is 6.07 Å². The molecule has 22 heavy (non-hydrogen) atoms. The molecule has 0 spiro atoms. The van der Waals surface area contributed by atoms with Crippen molar-refractivity contribution in [2.75, 3.05) is 5.32 Å². The minimum absolute atomic E-state index is 0.0565. The molecule has 0 bridgehead atoms. The van der Waals surface area contributed by atoms with E-state index >= 15 is 0 Å². The van der Waals surface area contributed by atoms with E-state index in [0.29, 0.717) is 0 Å². The molecule has 0 aliphatic heterocycles. The number of carboxylic acid groups (broad SMARTS) is 1. The summed E-state index contributed by atoms with van der Waals surface area (Å²) < 4.78 is 5.16. The summed E-state index contributed by atoms with van der Waals surface area (Å²) in [5.74, 6) is -1.27. The van der Waals surface area contributed by atoms with E-state index in [9.17, 15) is 9.59 Å². The molecule has 0 fully saturated rings. The lowest BCUT2D eigenvalue weighted by molar-refractivity contribution is 0.0689. The molecule has 8 heteroatoms. The molecule has 6 nitrogen and oxygen atoms in total. The average Bonchev–Trinajstić information content (AvgIpc) is 2.49. The Kier molecular flexibility index (Phi) is 5.35. The molecule has 1 amide bonds. The zero-order valence-corrected chi connectivity index (χ0v) is 13.4. The summed E-state index contributed by atoms with van der Waals surface area (Å²) in [5.41, 5.74) is 0.692. The predicted molar refractivity (Wildman–Crippen MR) is 84.2 cm³/mol. The van der Waals surface area contributed by atoms with Gasteiger partial charge in [0.05, 0.1) is 10.2 Å². The predicted octanol–water partition coefficient (Wildman–Crippen LogP) is 3.94. The fourth-order valence-electron chi connectivity index (χ4n) is 1.60. The number of carbonyl (C=O) groups is 2. The van der Waals surface area contributed by atoms with Gasteiger partial charge in [0.25, 0.3) is 0 Å². The summed E-state index contributed by atoms with van der Waals surface area (Å²) in [7, 11) is 0. The SMILES string of the molecule is O=C(Nc1cc(Cl)nc(C(=O)O)c1Br)OCc1ccccc1. The van der Waals surface area contributed by atoms with Gasteiger partial charge in [-0.1, -0.05) is 41.9 Å². The number of nitrogens with one attached hydrogen (secondary N) is 1. The third-order valence-electron chi connectivity index (χ3n) is 2.58. The Morgan fingerprint density at radius 2 is 2.00 bits per heavy atom. The van der Waals surface area contributed by atoms with Crippen LogP contribution < -0.4 is 5.32 Å². The maximum Gasteiger partial charge on any atom is 0.411 e. The molecule has 1 aromatic heterocycles. The molecule has 0 aliphatic carbocycles. The van der Waals surface area contributed by atoms with Gasteiger partial charge in [0.2, 0.25) is 0 Å². The van der Waals surface area contributed by atoms with Gasteiger partial charge >= 0.3 is 12.1 Å². The number of halogens is 2. The summed E-state index contributed by atoms with van der Waals surface area (Å²) in [5, 5.41) is 11.4. The first-order valence-corrected chi connectivity index (χ1v) is 7.21. The number of amides is 1. The Morgan fingerprint density at radius 3 is 2.64 bits per heavy atom. The summed E-state index contributed by atoms with van der Waals surface area (Å²) in [6.45, 7) is 0.0922. The maximum atomic E-state index is 11.8. The number of hydrogen-bond acceptors (Lipinski definition) is 4. The Morgan fingerprint density at radius 1 is 1.32 bits per heavy atom. The fraction of sp³-hybridized carbons (Fsp3) is 0.0714. The number of aromatic carboxylic acids is 1. The van der Waals surface area contributed by atoms with Crippen LogP contribution >= 0.6 is 27.5 Å². The van der Waals surface area contributed by atoms with Crippen LogP contribution in [-0.4, -0.2) is 22.2 Å². The lowest BCUT2D eigenvalue weighted by Gasteiger charge is -2.10. The summed E-state index contributed by atoms with van der Waals surface area (Å²) in [6, 6.07) is 10.5. The van der Waals surface area contributed by atoms with Gasteiger partial charge in [0.1, 0.15) is 11.8 Å². The highest BCUT2D eigenvalue weighted by Gasteiger charge is 2.17. The van der Waals surface area contributed by atoms with E-state index in [1.54, 1.807) is 0 Å². The van der Waals surface area contributed by atoms with Crippen molar-refractivity contribution in [1.82, 2.24) is 4.98 Å². The van der Waals surface area contributed by atoms with Crippen molar-refractivity contribution < 1.29 is 19.4 Å². The molecule has 0 saturated heterocycles. The van der Waals surface area contributed by atoms with Crippen LogP contribution in [-0.2, 0) is 11.3 Å². The quantitative estimate of drug-likeness (QED) is 0.778. The standard InChI is InChI=1S/C14H10BrClN2O4/c15-11-9(6-10(16)18-12(11)13(19)20)17-14(21)22-7-8-4-2-1-3-5-8/h1-6H,7H2,(H,19,20)(H,17,18,21). The van der Waals surface area contributed by atoms with E-state index in [-0.39, 0.29) is 27.6 Å². The number of carbonyl (C=O) groups excluding carboxylic acids is 1. The molecule has 0 radical (unpaired) electrons. The number of ether oxygens (including phenoxy) is 1. The van der Waals surface area contributed by atoms with E-state index in [0.717, 1.165) is 5.56 Å². The highest BCUT2D eigenvalue weighted by atomic mass is 79.9. The molecule has 1 heterocycles. The van der Waals surface area contributed by atoms with E-state index in [4.69, 9.17) is 21.4 Å². The second kappa shape index (κ2) is 7.24. The molecule has 0 aliphatic rings. The Hall–Kier alpha value is -2.12. The molecule has 0 saturated carbocycles. The van der Waals surface area contributed by atoms with Crippen molar-refractivity contribution in [2.24, 2.45) is 0 Å². The summed E-state index contributed by atoms with van der Waals surface area (Å²) in [6.07, 6.45) is -0.733. The Bertz CT molecular complexity index is 709. The Balaban J connectivity index is 2.07. The topological polar surface area (TPSA) is 88.5 Å². The number of pyridine rings is 1. The van der Waals surface area contributed by atoms with Crippen molar-refractivity contribution >= 4 is 45.3 Å². The third-order valence-corrected chi connectivity index (χ3v) is 3.57. The molecule has 2 rings (SSSR count). The van der Waals surface area contributed by atoms with Crippen LogP contribution in [0.1, 0.15) is 16.1 Å². The van der Waals surface area contributed by atoms with Crippen molar-refractivity contribution in [2.45, 2.75) is 6.61 Å². The van der Waals surface area contributed by atoms with Gasteiger partial charge in [-0.2, -0.15) is 0 Å². The third kappa shape index (κ3) is 4.19. The zero-order valence-electron chi connectivity index (χ0n) is 11.0. The maximum absolute atomic E-state index is 11.8. The van der Waals surface area contributed by atoms with E-state index in [1.807, 2.05) is 30.3 Å². The molecule has 1 aromatic carbocycles. The minimum atomic E-state index is -1.27. The van der Waals surface area contributed by atoms with E-state index in [1.165, 1.54) is 6.07 Å². The second-order valence-electron chi connectivity index (χ2n) is 4.15. The number of hydrogen-bond donors (Lipinski definition) is 2. The molecular weight excluding hydrogens is 376 g/mol. The first kappa shape index (κ1) is 16.3. The van der Waals surface area contributed by atoms with Crippen LogP contribution in [0.15, 0.2) is 40.9 Å². The largest absolute Gasteiger partial charge is 0.476 e. The normalized spacial score (nSPS) is 10.1. The smallest absolute Gasteiger partial charge is 0.411 e. The van der Waals surface area contributed by atoms with Crippen LogP contribution in [0.4, 0.5) is 10.5 Å². The van der Waals surface area contributed by atoms with E-state index < -0.39 is 12.1 Å². The number of carboxylic acids is 1. The first-order chi connectivity index (χ1) is 10.5. The highest BCUT2D eigenvalue weighted by Crippen LogP contribution is 2.28. The number of aromatic nitrogens is 1. The van der Waals surface area contributed by atoms with Crippen LogP contribution in [0.3, 0.4) is 0 Å². The van der Waals surface area contributed by atoms with Crippen molar-refractivity contribution in [3.8, 4) is 0 Å². The lowest BCUT2D eigenvalue weighted by atomic mass is 10.2. The Labute approximate surface area is 139 Å². The van der Waals surface area contributed by atoms with Gasteiger partial charge < -0.3 is 9.84 Å². The minimum Gasteiger partial charge on any atom is -0.476 e. The van der Waals surface area contributed by atoms with Crippen LogP contribution in [0, 0.1) is 0 Å². The molecule has 0 atom stereocenters. The zero-order chi connectivity index (χ0) is 16.1. The molecule has 2 aromatic rings. The van der Waals surface area contributed by atoms with Crippen LogP contribution in [0.5, 0.6) is 0 Å². The summed E-state index contributed by atoms with van der Waals surface area (Å²) in [4.78, 5) is 26.5. The van der Waals surface area contributed by atoms with Crippen LogP contribution in [0.2, 0.25) is 5.15 Å². The monoisotopic (exact) mass is 384 g/mol. The number of nitrogens with zero attached hydrogens (tertiary/aromatic N) is 1. The fourth-order valence-corrected chi connectivity index (χ4v) is 2.27. The van der Waals surface area contributed by atoms with Gasteiger partial charge in [-0.3, -0.25) is 5.32 Å². The first-order valence-electron chi connectivity index (χ1n) is 6.04. The van der Waals surface area contributed by atoms with Gasteiger partial charge in [-0.15, -0.1) is 0 Å². The molecule has 0 unspecified atom stereocenters. The van der Waals surface area contributed by atoms with Crippen molar-refractivity contribution in [3.63, 3.8) is 0 Å². The van der Waals surface area contributed by atoms with Crippen LogP contribution in [0.25, 0.3) is 0 Å². The number of benzene rings is 1. The number of anilines is 1. The van der Waals surface area contributed by atoms with Gasteiger partial charge in [-0.25, -0.2) is 14.6 Å². The number of rotatable bonds is 4. The second-order valence-corrected chi connectivity index (χ2v) is 5.33. The molecule has 2 N–H and O–H groups in total. The van der Waals surface area contributed by atoms with Crippen molar-refractivity contribution in [1.29, 1.82) is 0 Å². The lowest BCUT2D eigenvalue weighted by Crippen LogP contribution is -2.15. The summed E-state index contributed by atoms with van der Waals surface area (Å²) >= 11 is 8.80. The molecule has 114 valence electrons. The molecular formula is C14H10BrClN2O4. The van der Waals surface area contributed by atoms with Crippen molar-refractivity contribution in [3.05, 3.63) is 57.3 Å².